The minimum absolute atomic E-state index is 0.131. The van der Waals surface area contributed by atoms with Crippen LogP contribution in [0.25, 0.3) is 0 Å². The van der Waals surface area contributed by atoms with E-state index in [0.717, 1.165) is 19.3 Å². The highest BCUT2D eigenvalue weighted by molar-refractivity contribution is 6.33. The third-order valence-electron chi connectivity index (χ3n) is 5.06. The van der Waals surface area contributed by atoms with Crippen LogP contribution in [0.15, 0.2) is 18.2 Å². The van der Waals surface area contributed by atoms with Gasteiger partial charge in [-0.05, 0) is 25.3 Å². The van der Waals surface area contributed by atoms with E-state index in [0.29, 0.717) is 24.8 Å². The molecule has 1 aliphatic carbocycles. The van der Waals surface area contributed by atoms with Crippen LogP contribution >= 0.6 is 0 Å². The molecule has 1 saturated carbocycles. The number of hydrogen-bond acceptors (Lipinski definition) is 3. The van der Waals surface area contributed by atoms with Gasteiger partial charge in [-0.3, -0.25) is 4.79 Å². The Balaban J connectivity index is 2.62. The Kier molecular flexibility index (Phi) is 5.39. The molecule has 23 heavy (non-hydrogen) atoms. The molecule has 1 aliphatic rings. The second-order valence-electron chi connectivity index (χ2n) is 6.17. The number of aliphatic carboxylic acids is 1. The van der Waals surface area contributed by atoms with E-state index in [-0.39, 0.29) is 5.75 Å². The molecule has 0 bridgehead atoms. The van der Waals surface area contributed by atoms with E-state index >= 15 is 0 Å². The fourth-order valence-corrected chi connectivity index (χ4v) is 4.07. The lowest BCUT2D eigenvalue weighted by Gasteiger charge is -2.43. The van der Waals surface area contributed by atoms with Crippen molar-refractivity contribution in [1.29, 1.82) is 0 Å². The van der Waals surface area contributed by atoms with Gasteiger partial charge in [0.1, 0.15) is 0 Å². The Bertz CT molecular complexity index is 591. The summed E-state index contributed by atoms with van der Waals surface area (Å²) in [7, 11) is 1.40. The second kappa shape index (κ2) is 7.11. The second-order valence-corrected chi connectivity index (χ2v) is 6.17. The molecule has 1 N–H and O–H groups in total. The molecule has 1 aromatic rings. The highest BCUT2D eigenvalue weighted by atomic mass is 19.1. The molecule has 0 amide bonds. The number of methoxy groups -OCH3 is 1. The Morgan fingerprint density at radius 2 is 1.96 bits per heavy atom. The molecule has 5 heteroatoms. The van der Waals surface area contributed by atoms with Crippen molar-refractivity contribution in [2.24, 2.45) is 5.92 Å². The fraction of sp³-hybridized carbons (Fsp3) is 0.556. The summed E-state index contributed by atoms with van der Waals surface area (Å²) in [6, 6.07) is 4.69. The zero-order valence-corrected chi connectivity index (χ0v) is 13.6. The van der Waals surface area contributed by atoms with E-state index in [1.807, 2.05) is 6.92 Å². The maximum Gasteiger partial charge on any atom is 0.372 e. The maximum atomic E-state index is 14.2. The highest BCUT2D eigenvalue weighted by Gasteiger charge is 2.47. The van der Waals surface area contributed by atoms with Crippen molar-refractivity contribution in [3.05, 3.63) is 29.6 Å². The first-order chi connectivity index (χ1) is 11.0. The first kappa shape index (κ1) is 17.4. The van der Waals surface area contributed by atoms with Crippen molar-refractivity contribution < 1.29 is 23.8 Å². The third kappa shape index (κ3) is 3.09. The summed E-state index contributed by atoms with van der Waals surface area (Å²) in [6.45, 7) is 1.81. The first-order valence-electron chi connectivity index (χ1n) is 8.08. The van der Waals surface area contributed by atoms with Crippen LogP contribution in [-0.4, -0.2) is 24.0 Å². The summed E-state index contributed by atoms with van der Waals surface area (Å²) in [6.07, 6.45) is 4.57. The van der Waals surface area contributed by atoms with Gasteiger partial charge < -0.3 is 9.84 Å². The van der Waals surface area contributed by atoms with Crippen LogP contribution < -0.4 is 4.74 Å². The zero-order chi connectivity index (χ0) is 17.0. The molecule has 1 fully saturated rings. The Labute approximate surface area is 135 Å². The Hall–Kier alpha value is -1.91. The third-order valence-corrected chi connectivity index (χ3v) is 5.06. The van der Waals surface area contributed by atoms with Crippen LogP contribution in [-0.2, 0) is 15.0 Å². The molecule has 4 nitrogen and oxygen atoms in total. The van der Waals surface area contributed by atoms with Crippen molar-refractivity contribution in [3.63, 3.8) is 0 Å². The SMILES string of the molecule is CCC(C(=O)C(=O)O)C1(c2cccc(F)c2OC)CCCCC1. The van der Waals surface area contributed by atoms with E-state index in [1.54, 1.807) is 12.1 Å². The standard InChI is InChI=1S/C18H23FO4/c1-3-12(15(20)17(21)22)18(10-5-4-6-11-18)13-8-7-9-14(19)16(13)23-2/h7-9,12H,3-6,10-11H2,1-2H3,(H,21,22). The van der Waals surface area contributed by atoms with Crippen molar-refractivity contribution in [3.8, 4) is 5.75 Å². The molecule has 0 spiro atoms. The van der Waals surface area contributed by atoms with Gasteiger partial charge in [-0.2, -0.15) is 0 Å². The number of rotatable bonds is 6. The van der Waals surface area contributed by atoms with E-state index < -0.39 is 28.9 Å². The minimum atomic E-state index is -1.42. The van der Waals surface area contributed by atoms with E-state index in [4.69, 9.17) is 4.74 Å². The lowest BCUT2D eigenvalue weighted by molar-refractivity contribution is -0.152. The predicted octanol–water partition coefficient (Wildman–Crippen LogP) is 3.72. The summed E-state index contributed by atoms with van der Waals surface area (Å²) in [5, 5.41) is 9.20. The van der Waals surface area contributed by atoms with Gasteiger partial charge >= 0.3 is 5.97 Å². The molecule has 126 valence electrons. The van der Waals surface area contributed by atoms with Gasteiger partial charge in [0.15, 0.2) is 11.6 Å². The normalized spacial score (nSPS) is 18.2. The average molecular weight is 322 g/mol. The molecule has 0 radical (unpaired) electrons. The molecule has 0 aliphatic heterocycles. The van der Waals surface area contributed by atoms with Gasteiger partial charge in [0.05, 0.1) is 7.11 Å². The molecule has 1 atom stereocenters. The van der Waals surface area contributed by atoms with Gasteiger partial charge in [0.2, 0.25) is 5.78 Å². The number of Topliss-reactive ketones (excluding diaryl/α,β-unsaturated/α-hetero) is 1. The molecule has 0 saturated heterocycles. The molecule has 1 aromatic carbocycles. The summed E-state index contributed by atoms with van der Waals surface area (Å²) < 4.78 is 19.4. The summed E-state index contributed by atoms with van der Waals surface area (Å²) >= 11 is 0. The van der Waals surface area contributed by atoms with Crippen LogP contribution in [0.5, 0.6) is 5.75 Å². The predicted molar refractivity (Wildman–Crippen MR) is 84.1 cm³/mol. The van der Waals surface area contributed by atoms with Crippen LogP contribution in [0, 0.1) is 11.7 Å². The Morgan fingerprint density at radius 1 is 1.30 bits per heavy atom. The van der Waals surface area contributed by atoms with E-state index in [1.165, 1.54) is 13.2 Å². The number of carboxylic acid groups (broad SMARTS) is 1. The minimum Gasteiger partial charge on any atom is -0.493 e. The number of halogens is 1. The number of carbonyl (C=O) groups is 2. The smallest absolute Gasteiger partial charge is 0.372 e. The van der Waals surface area contributed by atoms with Gasteiger partial charge in [0, 0.05) is 16.9 Å². The molecular formula is C18H23FO4. The lowest BCUT2D eigenvalue weighted by Crippen LogP contribution is -2.44. The van der Waals surface area contributed by atoms with Crippen LogP contribution in [0.2, 0.25) is 0 Å². The van der Waals surface area contributed by atoms with Crippen LogP contribution in [0.3, 0.4) is 0 Å². The number of para-hydroxylation sites is 1. The number of benzene rings is 1. The first-order valence-corrected chi connectivity index (χ1v) is 8.08. The van der Waals surface area contributed by atoms with Gasteiger partial charge in [0.25, 0.3) is 0 Å². The van der Waals surface area contributed by atoms with Gasteiger partial charge in [-0.1, -0.05) is 38.3 Å². The largest absolute Gasteiger partial charge is 0.493 e. The summed E-state index contributed by atoms with van der Waals surface area (Å²) in [5.74, 6) is -3.23. The summed E-state index contributed by atoms with van der Waals surface area (Å²) in [4.78, 5) is 23.6. The van der Waals surface area contributed by atoms with Crippen molar-refractivity contribution in [2.75, 3.05) is 7.11 Å². The number of ketones is 1. The number of hydrogen-bond donors (Lipinski definition) is 1. The molecule has 0 heterocycles. The van der Waals surface area contributed by atoms with Crippen molar-refractivity contribution in [1.82, 2.24) is 0 Å². The van der Waals surface area contributed by atoms with E-state index in [2.05, 4.69) is 0 Å². The maximum absolute atomic E-state index is 14.2. The molecular weight excluding hydrogens is 299 g/mol. The van der Waals surface area contributed by atoms with Crippen molar-refractivity contribution in [2.45, 2.75) is 50.9 Å². The lowest BCUT2D eigenvalue weighted by atomic mass is 9.60. The topological polar surface area (TPSA) is 63.6 Å². The molecule has 2 rings (SSSR count). The quantitative estimate of drug-likeness (QED) is 0.811. The van der Waals surface area contributed by atoms with Crippen molar-refractivity contribution >= 4 is 11.8 Å². The number of ether oxygens (including phenoxy) is 1. The monoisotopic (exact) mass is 322 g/mol. The highest BCUT2D eigenvalue weighted by Crippen LogP contribution is 2.50. The summed E-state index contributed by atoms with van der Waals surface area (Å²) in [5.41, 5.74) is -0.0447. The van der Waals surface area contributed by atoms with E-state index in [9.17, 15) is 19.1 Å². The Morgan fingerprint density at radius 3 is 2.48 bits per heavy atom. The number of carboxylic acids is 1. The molecule has 1 unspecified atom stereocenters. The average Bonchev–Trinajstić information content (AvgIpc) is 2.55. The van der Waals surface area contributed by atoms with Crippen LogP contribution in [0.4, 0.5) is 4.39 Å². The van der Waals surface area contributed by atoms with Gasteiger partial charge in [-0.15, -0.1) is 0 Å². The molecule has 0 aromatic heterocycles. The number of carbonyl (C=O) groups excluding carboxylic acids is 1. The zero-order valence-electron chi connectivity index (χ0n) is 13.6. The fourth-order valence-electron chi connectivity index (χ4n) is 4.07. The van der Waals surface area contributed by atoms with Gasteiger partial charge in [-0.25, -0.2) is 9.18 Å². The van der Waals surface area contributed by atoms with Crippen LogP contribution in [0.1, 0.15) is 51.0 Å².